The van der Waals surface area contributed by atoms with Gasteiger partial charge in [-0.3, -0.25) is 9.59 Å². The van der Waals surface area contributed by atoms with Crippen molar-refractivity contribution in [3.8, 4) is 0 Å². The van der Waals surface area contributed by atoms with Crippen molar-refractivity contribution in [2.45, 2.75) is 520 Å². The van der Waals surface area contributed by atoms with Gasteiger partial charge in [0, 0.05) is 12.8 Å². The van der Waals surface area contributed by atoms with E-state index < -0.39 is 12.1 Å². The number of aliphatic hydroxyl groups is 2. The first-order valence-electron chi connectivity index (χ1n) is 43.5. The molecule has 0 bridgehead atoms. The summed E-state index contributed by atoms with van der Waals surface area (Å²) in [6.07, 6.45) is 107. The molecule has 0 aliphatic carbocycles. The van der Waals surface area contributed by atoms with Crippen molar-refractivity contribution in [1.29, 1.82) is 0 Å². The van der Waals surface area contributed by atoms with E-state index >= 15 is 0 Å². The van der Waals surface area contributed by atoms with Crippen LogP contribution in [0.4, 0.5) is 0 Å². The van der Waals surface area contributed by atoms with Crippen molar-refractivity contribution in [2.24, 2.45) is 0 Å². The number of allylic oxidation sites excluding steroid dienone is 1. The van der Waals surface area contributed by atoms with Crippen LogP contribution in [-0.4, -0.2) is 47.4 Å². The van der Waals surface area contributed by atoms with E-state index in [1.54, 1.807) is 6.08 Å². The molecule has 3 N–H and O–H groups in total. The minimum absolute atomic E-state index is 0.0297. The summed E-state index contributed by atoms with van der Waals surface area (Å²) in [5.41, 5.74) is 0. The lowest BCUT2D eigenvalue weighted by molar-refractivity contribution is -0.143. The lowest BCUT2D eigenvalue weighted by Crippen LogP contribution is -2.45. The summed E-state index contributed by atoms with van der Waals surface area (Å²) < 4.78 is 5.53. The van der Waals surface area contributed by atoms with E-state index in [2.05, 4.69) is 19.2 Å². The van der Waals surface area contributed by atoms with Crippen molar-refractivity contribution in [3.05, 3.63) is 12.2 Å². The summed E-state index contributed by atoms with van der Waals surface area (Å²) >= 11 is 0. The quantitative estimate of drug-likeness (QED) is 0.0320. The molecule has 0 aliphatic rings. The van der Waals surface area contributed by atoms with E-state index in [1.807, 2.05) is 6.08 Å². The highest BCUT2D eigenvalue weighted by Crippen LogP contribution is 2.21. The average molecular weight is 1310 g/mol. The number of hydrogen-bond acceptors (Lipinski definition) is 5. The van der Waals surface area contributed by atoms with Gasteiger partial charge in [-0.1, -0.05) is 475 Å². The Labute approximate surface area is 584 Å². The smallest absolute Gasteiger partial charge is 0.305 e. The molecule has 554 valence electrons. The van der Waals surface area contributed by atoms with Gasteiger partial charge in [0.15, 0.2) is 0 Å². The molecule has 2 atom stereocenters. The summed E-state index contributed by atoms with van der Waals surface area (Å²) in [6.45, 7) is 4.97. The number of esters is 1. The first kappa shape index (κ1) is 91.6. The predicted molar refractivity (Wildman–Crippen MR) is 412 cm³/mol. The fourth-order valence-corrected chi connectivity index (χ4v) is 14.2. The fourth-order valence-electron chi connectivity index (χ4n) is 14.2. The van der Waals surface area contributed by atoms with Crippen LogP contribution >= 0.6 is 0 Å². The molecule has 93 heavy (non-hydrogen) atoms. The second-order valence-electron chi connectivity index (χ2n) is 30.2. The molecule has 0 radical (unpaired) electrons. The number of amides is 1. The molecule has 0 saturated heterocycles. The van der Waals surface area contributed by atoms with Crippen molar-refractivity contribution < 1.29 is 24.5 Å². The number of carbonyl (C=O) groups is 2. The maximum Gasteiger partial charge on any atom is 0.305 e. The first-order chi connectivity index (χ1) is 46.0. The lowest BCUT2D eigenvalue weighted by atomic mass is 10.0. The number of nitrogens with one attached hydrogen (secondary N) is 1. The van der Waals surface area contributed by atoms with Gasteiger partial charge in [-0.15, -0.1) is 0 Å². The van der Waals surface area contributed by atoms with Gasteiger partial charge >= 0.3 is 5.97 Å². The van der Waals surface area contributed by atoms with Crippen LogP contribution in [0.1, 0.15) is 508 Å². The van der Waals surface area contributed by atoms with Crippen molar-refractivity contribution in [1.82, 2.24) is 5.32 Å². The minimum atomic E-state index is -0.840. The van der Waals surface area contributed by atoms with E-state index in [-0.39, 0.29) is 18.5 Å². The van der Waals surface area contributed by atoms with Gasteiger partial charge in [-0.25, -0.2) is 0 Å². The van der Waals surface area contributed by atoms with E-state index in [0.29, 0.717) is 19.4 Å². The number of unbranched alkanes of at least 4 members (excludes halogenated alkanes) is 72. The second kappa shape index (κ2) is 83.0. The highest BCUT2D eigenvalue weighted by atomic mass is 16.5. The molecule has 0 aliphatic heterocycles. The molecular weight excluding hydrogens is 1140 g/mol. The van der Waals surface area contributed by atoms with Gasteiger partial charge in [-0.2, -0.15) is 0 Å². The van der Waals surface area contributed by atoms with Crippen LogP contribution in [0.2, 0.25) is 0 Å². The highest BCUT2D eigenvalue weighted by Gasteiger charge is 2.18. The Morgan fingerprint density at radius 2 is 0.495 bits per heavy atom. The largest absolute Gasteiger partial charge is 0.466 e. The van der Waals surface area contributed by atoms with Gasteiger partial charge in [0.2, 0.25) is 5.91 Å². The molecule has 0 rings (SSSR count). The first-order valence-corrected chi connectivity index (χ1v) is 43.5. The molecule has 6 heteroatoms. The van der Waals surface area contributed by atoms with Gasteiger partial charge in [0.25, 0.3) is 0 Å². The summed E-state index contributed by atoms with van der Waals surface area (Å²) in [5.74, 6) is -0.0270. The molecule has 0 aromatic rings. The Hall–Kier alpha value is -1.40. The zero-order valence-electron chi connectivity index (χ0n) is 63.8. The second-order valence-corrected chi connectivity index (χ2v) is 30.2. The topological polar surface area (TPSA) is 95.9 Å². The van der Waals surface area contributed by atoms with Crippen LogP contribution in [0, 0.1) is 0 Å². The Morgan fingerprint density at radius 1 is 0.290 bits per heavy atom. The lowest BCUT2D eigenvalue weighted by Gasteiger charge is -2.20. The number of hydrogen-bond donors (Lipinski definition) is 3. The average Bonchev–Trinajstić information content (AvgIpc) is 3.78. The summed E-state index contributed by atoms with van der Waals surface area (Å²) in [6, 6.07) is -0.623. The fraction of sp³-hybridized carbons (Fsp3) is 0.954. The SMILES string of the molecule is CCCCCCCCCCCCCCCCCCC/C=C/C(O)C(CO)NC(=O)CCCCCCCCCCCCCCCCCCCCCCCCCCCCCCCCCCCCCCCCCOC(=O)CCCCCCCCCCCCCCCCCCCC. The zero-order chi connectivity index (χ0) is 67.0. The number of rotatable bonds is 83. The number of aliphatic hydroxyl groups excluding tert-OH is 2. The Kier molecular flexibility index (Phi) is 81.8. The molecule has 0 aromatic heterocycles. The third kappa shape index (κ3) is 79.5. The van der Waals surface area contributed by atoms with Gasteiger partial charge in [0.05, 0.1) is 25.4 Å². The molecule has 0 aromatic carbocycles. The summed E-state index contributed by atoms with van der Waals surface area (Å²) in [5, 5.41) is 23.3. The molecule has 6 nitrogen and oxygen atoms in total. The standard InChI is InChI=1S/C87H171NO5/c1-3-5-7-9-11-13-15-17-19-21-44-47-51-55-59-63-67-71-75-79-85(90)84(83-89)88-86(91)80-76-72-68-64-60-56-52-48-45-42-40-38-36-34-32-30-28-26-24-23-25-27-29-31-33-35-37-39-41-43-46-50-54-58-62-66-70-74-78-82-93-87(92)81-77-73-69-65-61-57-53-49-22-20-18-16-14-12-10-8-6-4-2/h75,79,84-85,89-90H,3-74,76-78,80-83H2,1-2H3,(H,88,91)/b79-75+. The van der Waals surface area contributed by atoms with Crippen molar-refractivity contribution in [2.75, 3.05) is 13.2 Å². The third-order valence-electron chi connectivity index (χ3n) is 20.8. The number of ether oxygens (including phenoxy) is 1. The van der Waals surface area contributed by atoms with Crippen LogP contribution in [0.3, 0.4) is 0 Å². The Morgan fingerprint density at radius 3 is 0.731 bits per heavy atom. The summed E-state index contributed by atoms with van der Waals surface area (Å²) in [7, 11) is 0. The monoisotopic (exact) mass is 1310 g/mol. The third-order valence-corrected chi connectivity index (χ3v) is 20.8. The van der Waals surface area contributed by atoms with Crippen LogP contribution in [0.5, 0.6) is 0 Å². The minimum Gasteiger partial charge on any atom is -0.466 e. The normalized spacial score (nSPS) is 12.4. The highest BCUT2D eigenvalue weighted by molar-refractivity contribution is 5.76. The molecule has 1 amide bonds. The van der Waals surface area contributed by atoms with Crippen LogP contribution in [0.15, 0.2) is 12.2 Å². The zero-order valence-corrected chi connectivity index (χ0v) is 63.8. The van der Waals surface area contributed by atoms with E-state index in [9.17, 15) is 19.8 Å². The van der Waals surface area contributed by atoms with Gasteiger partial charge < -0.3 is 20.3 Å². The van der Waals surface area contributed by atoms with Crippen molar-refractivity contribution >= 4 is 11.9 Å². The number of carbonyl (C=O) groups excluding carboxylic acids is 2. The maximum atomic E-state index is 12.5. The van der Waals surface area contributed by atoms with Crippen LogP contribution < -0.4 is 5.32 Å². The Bertz CT molecular complexity index is 1420. The molecule has 0 spiro atoms. The summed E-state index contributed by atoms with van der Waals surface area (Å²) in [4.78, 5) is 24.7. The molecule has 0 heterocycles. The maximum absolute atomic E-state index is 12.5. The van der Waals surface area contributed by atoms with E-state index in [0.717, 1.165) is 38.5 Å². The van der Waals surface area contributed by atoms with E-state index in [1.165, 1.54) is 443 Å². The molecular formula is C87H171NO5. The van der Waals surface area contributed by atoms with Crippen LogP contribution in [-0.2, 0) is 14.3 Å². The van der Waals surface area contributed by atoms with Crippen LogP contribution in [0.25, 0.3) is 0 Å². The molecule has 0 fully saturated rings. The van der Waals surface area contributed by atoms with Gasteiger partial charge in [-0.05, 0) is 32.1 Å². The predicted octanol–water partition coefficient (Wildman–Crippen LogP) is 29.0. The van der Waals surface area contributed by atoms with Gasteiger partial charge in [0.1, 0.15) is 0 Å². The van der Waals surface area contributed by atoms with E-state index in [4.69, 9.17) is 4.74 Å². The Balaban J connectivity index is 3.29. The van der Waals surface area contributed by atoms with Crippen molar-refractivity contribution in [3.63, 3.8) is 0 Å². The molecule has 0 saturated carbocycles. The molecule has 2 unspecified atom stereocenters.